The second-order valence-corrected chi connectivity index (χ2v) is 13.1. The number of β-amino-alcohol motifs (C(OH)–C–C–N with tert-alkyl or cyclic N) is 1. The first kappa shape index (κ1) is 32.4. The maximum atomic E-state index is 13.5. The van der Waals surface area contributed by atoms with Crippen LogP contribution in [0.1, 0.15) is 56.9 Å². The van der Waals surface area contributed by atoms with E-state index in [1.54, 1.807) is 18.2 Å². The number of sulfonamides is 1. The Hall–Kier alpha value is -3.11. The number of nitrogens with one attached hydrogen (secondary N) is 1. The van der Waals surface area contributed by atoms with Crippen molar-refractivity contribution in [1.82, 2.24) is 14.6 Å². The molecule has 0 bridgehead atoms. The predicted molar refractivity (Wildman–Crippen MR) is 162 cm³/mol. The highest BCUT2D eigenvalue weighted by molar-refractivity contribution is 7.89. The number of benzene rings is 2. The Morgan fingerprint density at radius 2 is 1.78 bits per heavy atom. The largest absolute Gasteiger partial charge is 0.481 e. The van der Waals surface area contributed by atoms with E-state index in [1.807, 2.05) is 43.3 Å². The monoisotopic (exact) mass is 581 g/mol. The van der Waals surface area contributed by atoms with Gasteiger partial charge in [0.2, 0.25) is 10.0 Å². The number of carboxylic acids is 1. The standard InChI is InChI=1S/C32H43N3O5S/c1-5-25-21-26(29-15-9-14-27(34-29)17-19-31(37)38)16-18-30(25)41(39,40)35(4)23-28(36)22-33-32(2,3)20-10-13-24-11-7-6-8-12-24/h6-9,11-12,14-16,18,21,28,33,36H,5,10,13,17,19-20,22-23H2,1-4H3,(H,37,38). The van der Waals surface area contributed by atoms with E-state index in [1.165, 1.54) is 16.9 Å². The summed E-state index contributed by atoms with van der Waals surface area (Å²) in [5.41, 5.74) is 3.85. The molecule has 1 aromatic heterocycles. The lowest BCUT2D eigenvalue weighted by Crippen LogP contribution is -2.46. The average molecular weight is 582 g/mol. The lowest BCUT2D eigenvalue weighted by atomic mass is 9.95. The Balaban J connectivity index is 1.61. The molecule has 1 unspecified atom stereocenters. The molecular weight excluding hydrogens is 538 g/mol. The summed E-state index contributed by atoms with van der Waals surface area (Å²) in [7, 11) is -2.35. The van der Waals surface area contributed by atoms with Crippen LogP contribution in [-0.2, 0) is 34.1 Å². The van der Waals surface area contributed by atoms with Crippen LogP contribution < -0.4 is 5.32 Å². The zero-order valence-electron chi connectivity index (χ0n) is 24.5. The Kier molecular flexibility index (Phi) is 11.6. The van der Waals surface area contributed by atoms with Gasteiger partial charge in [0.25, 0.3) is 0 Å². The first-order valence-electron chi connectivity index (χ1n) is 14.2. The van der Waals surface area contributed by atoms with Crippen LogP contribution in [0.25, 0.3) is 11.3 Å². The van der Waals surface area contributed by atoms with Crippen LogP contribution in [0.4, 0.5) is 0 Å². The van der Waals surface area contributed by atoms with Crippen molar-refractivity contribution in [3.05, 3.63) is 83.6 Å². The molecule has 3 rings (SSSR count). The summed E-state index contributed by atoms with van der Waals surface area (Å²) in [5, 5.41) is 23.1. The van der Waals surface area contributed by atoms with Gasteiger partial charge in [0.05, 0.1) is 23.1 Å². The fourth-order valence-corrected chi connectivity index (χ4v) is 6.25. The maximum absolute atomic E-state index is 13.5. The SMILES string of the molecule is CCc1cc(-c2cccc(CCC(=O)O)n2)ccc1S(=O)(=O)N(C)CC(O)CNC(C)(C)CCCc1ccccc1. The number of aliphatic hydroxyl groups is 1. The number of carboxylic acid groups (broad SMARTS) is 1. The molecule has 41 heavy (non-hydrogen) atoms. The number of carbonyl (C=O) groups is 1. The summed E-state index contributed by atoms with van der Waals surface area (Å²) in [6.45, 7) is 6.33. The number of hydrogen-bond donors (Lipinski definition) is 3. The van der Waals surface area contributed by atoms with Gasteiger partial charge in [-0.05, 0) is 74.9 Å². The van der Waals surface area contributed by atoms with Gasteiger partial charge < -0.3 is 15.5 Å². The van der Waals surface area contributed by atoms with Gasteiger partial charge >= 0.3 is 5.97 Å². The molecule has 3 aromatic rings. The van der Waals surface area contributed by atoms with Crippen LogP contribution in [0.2, 0.25) is 0 Å². The van der Waals surface area contributed by atoms with Crippen molar-refractivity contribution in [2.45, 2.75) is 75.8 Å². The number of aromatic nitrogens is 1. The molecule has 2 aromatic carbocycles. The molecule has 1 heterocycles. The highest BCUT2D eigenvalue weighted by Gasteiger charge is 2.27. The van der Waals surface area contributed by atoms with Crippen LogP contribution in [0.5, 0.6) is 0 Å². The Morgan fingerprint density at radius 3 is 2.46 bits per heavy atom. The second-order valence-electron chi connectivity index (χ2n) is 11.1. The van der Waals surface area contributed by atoms with Crippen molar-refractivity contribution in [1.29, 1.82) is 0 Å². The Morgan fingerprint density at radius 1 is 1.05 bits per heavy atom. The van der Waals surface area contributed by atoms with E-state index in [9.17, 15) is 18.3 Å². The molecule has 0 spiro atoms. The van der Waals surface area contributed by atoms with Gasteiger partial charge in [0, 0.05) is 43.4 Å². The van der Waals surface area contributed by atoms with Crippen molar-refractivity contribution in [3.63, 3.8) is 0 Å². The molecule has 3 N–H and O–H groups in total. The first-order chi connectivity index (χ1) is 19.4. The molecule has 0 aliphatic heterocycles. The van der Waals surface area contributed by atoms with E-state index < -0.39 is 22.1 Å². The van der Waals surface area contributed by atoms with Crippen LogP contribution >= 0.6 is 0 Å². The normalized spacial score (nSPS) is 12.9. The van der Waals surface area contributed by atoms with Gasteiger partial charge in [-0.1, -0.05) is 49.4 Å². The minimum absolute atomic E-state index is 0.00664. The minimum atomic E-state index is -3.84. The van der Waals surface area contributed by atoms with E-state index in [4.69, 9.17) is 5.11 Å². The number of pyridine rings is 1. The fraction of sp³-hybridized carbons (Fsp3) is 0.438. The average Bonchev–Trinajstić information content (AvgIpc) is 2.95. The molecule has 0 saturated heterocycles. The summed E-state index contributed by atoms with van der Waals surface area (Å²) in [5.74, 6) is -0.882. The van der Waals surface area contributed by atoms with Crippen molar-refractivity contribution in [2.24, 2.45) is 0 Å². The Labute approximate surface area is 244 Å². The van der Waals surface area contributed by atoms with Crippen molar-refractivity contribution < 1.29 is 23.4 Å². The van der Waals surface area contributed by atoms with E-state index in [-0.39, 0.29) is 29.9 Å². The zero-order valence-corrected chi connectivity index (χ0v) is 25.3. The number of aryl methyl sites for hydroxylation is 3. The lowest BCUT2D eigenvalue weighted by molar-refractivity contribution is -0.136. The first-order valence-corrected chi connectivity index (χ1v) is 15.6. The molecule has 9 heteroatoms. The molecule has 8 nitrogen and oxygen atoms in total. The number of rotatable bonds is 16. The van der Waals surface area contributed by atoms with Crippen molar-refractivity contribution >= 4 is 16.0 Å². The topological polar surface area (TPSA) is 120 Å². The van der Waals surface area contributed by atoms with Gasteiger partial charge in [-0.25, -0.2) is 8.42 Å². The van der Waals surface area contributed by atoms with Gasteiger partial charge in [-0.3, -0.25) is 9.78 Å². The van der Waals surface area contributed by atoms with E-state index in [0.717, 1.165) is 24.8 Å². The van der Waals surface area contributed by atoms with Gasteiger partial charge in [0.1, 0.15) is 0 Å². The van der Waals surface area contributed by atoms with E-state index >= 15 is 0 Å². The summed E-state index contributed by atoms with van der Waals surface area (Å²) in [6.07, 6.45) is 2.86. The van der Waals surface area contributed by atoms with Gasteiger partial charge in [0.15, 0.2) is 0 Å². The smallest absolute Gasteiger partial charge is 0.303 e. The molecule has 0 radical (unpaired) electrons. The molecule has 222 valence electrons. The van der Waals surface area contributed by atoms with E-state index in [0.29, 0.717) is 29.8 Å². The quantitative estimate of drug-likeness (QED) is 0.224. The third-order valence-electron chi connectivity index (χ3n) is 7.22. The fourth-order valence-electron chi connectivity index (χ4n) is 4.77. The van der Waals surface area contributed by atoms with Gasteiger partial charge in [-0.2, -0.15) is 4.31 Å². The molecule has 0 amide bonds. The van der Waals surface area contributed by atoms with Crippen LogP contribution in [-0.4, -0.2) is 65.7 Å². The molecule has 0 aliphatic rings. The zero-order chi connectivity index (χ0) is 30.0. The number of aliphatic hydroxyl groups excluding tert-OH is 1. The molecular formula is C32H43N3O5S. The van der Waals surface area contributed by atoms with Gasteiger partial charge in [-0.15, -0.1) is 0 Å². The Bertz CT molecular complexity index is 1390. The summed E-state index contributed by atoms with van der Waals surface area (Å²) in [4.78, 5) is 15.7. The minimum Gasteiger partial charge on any atom is -0.481 e. The lowest BCUT2D eigenvalue weighted by Gasteiger charge is -2.29. The summed E-state index contributed by atoms with van der Waals surface area (Å²) >= 11 is 0. The van der Waals surface area contributed by atoms with Crippen LogP contribution in [0.3, 0.4) is 0 Å². The summed E-state index contributed by atoms with van der Waals surface area (Å²) in [6, 6.07) is 20.9. The molecule has 0 aliphatic carbocycles. The number of hydrogen-bond acceptors (Lipinski definition) is 6. The van der Waals surface area contributed by atoms with E-state index in [2.05, 4.69) is 36.3 Å². The summed E-state index contributed by atoms with van der Waals surface area (Å²) < 4.78 is 28.2. The second kappa shape index (κ2) is 14.7. The number of likely N-dealkylation sites (N-methyl/N-ethyl adjacent to an activating group) is 1. The highest BCUT2D eigenvalue weighted by Crippen LogP contribution is 2.27. The molecule has 0 fully saturated rings. The van der Waals surface area contributed by atoms with Crippen molar-refractivity contribution in [3.8, 4) is 11.3 Å². The highest BCUT2D eigenvalue weighted by atomic mass is 32.2. The predicted octanol–water partition coefficient (Wildman–Crippen LogP) is 4.70. The number of aliphatic carboxylic acids is 1. The molecule has 0 saturated carbocycles. The third kappa shape index (κ3) is 9.74. The maximum Gasteiger partial charge on any atom is 0.303 e. The van der Waals surface area contributed by atoms with Crippen LogP contribution in [0, 0.1) is 0 Å². The number of nitrogens with zero attached hydrogens (tertiary/aromatic N) is 2. The van der Waals surface area contributed by atoms with Crippen molar-refractivity contribution in [2.75, 3.05) is 20.1 Å². The third-order valence-corrected chi connectivity index (χ3v) is 9.15. The molecule has 1 atom stereocenters. The van der Waals surface area contributed by atoms with Crippen LogP contribution in [0.15, 0.2) is 71.6 Å².